The van der Waals surface area contributed by atoms with Gasteiger partial charge in [-0.25, -0.2) is 9.78 Å². The van der Waals surface area contributed by atoms with E-state index in [1.54, 1.807) is 30.6 Å². The van der Waals surface area contributed by atoms with Crippen molar-refractivity contribution in [3.8, 4) is 11.5 Å². The zero-order valence-electron chi connectivity index (χ0n) is 9.75. The fraction of sp³-hybridized carbons (Fsp3) is 0.0714. The van der Waals surface area contributed by atoms with Crippen LogP contribution in [0.1, 0.15) is 5.56 Å². The van der Waals surface area contributed by atoms with Crippen LogP contribution in [-0.4, -0.2) is 9.97 Å². The molecule has 4 nitrogen and oxygen atoms in total. The van der Waals surface area contributed by atoms with Crippen molar-refractivity contribution in [2.75, 3.05) is 0 Å². The first-order valence-corrected chi connectivity index (χ1v) is 5.56. The Morgan fingerprint density at radius 1 is 1.22 bits per heavy atom. The fourth-order valence-electron chi connectivity index (χ4n) is 1.79. The van der Waals surface area contributed by atoms with E-state index in [4.69, 9.17) is 4.42 Å². The molecule has 0 aliphatic heterocycles. The molecule has 2 heterocycles. The molecule has 0 aliphatic rings. The van der Waals surface area contributed by atoms with Crippen molar-refractivity contribution in [2.24, 2.45) is 0 Å². The molecule has 0 aliphatic carbocycles. The summed E-state index contributed by atoms with van der Waals surface area (Å²) in [5.74, 6) is 0.297. The molecule has 0 amide bonds. The SMILES string of the molecule is Cc1ccc2c(=O)oc(-c3cccnc3)nc2c1. The quantitative estimate of drug-likeness (QED) is 0.653. The van der Waals surface area contributed by atoms with E-state index < -0.39 is 0 Å². The van der Waals surface area contributed by atoms with Crippen LogP contribution < -0.4 is 5.63 Å². The smallest absolute Gasteiger partial charge is 0.347 e. The second-order valence-electron chi connectivity index (χ2n) is 4.07. The number of rotatable bonds is 1. The summed E-state index contributed by atoms with van der Waals surface area (Å²) in [4.78, 5) is 20.2. The average molecular weight is 238 g/mol. The molecule has 0 spiro atoms. The second-order valence-corrected chi connectivity index (χ2v) is 4.07. The fourth-order valence-corrected chi connectivity index (χ4v) is 1.79. The van der Waals surface area contributed by atoms with Crippen molar-refractivity contribution >= 4 is 10.9 Å². The Bertz CT molecular complexity index is 764. The molecule has 0 unspecified atom stereocenters. The number of pyridine rings is 1. The molecule has 0 radical (unpaired) electrons. The average Bonchev–Trinajstić information content (AvgIpc) is 2.39. The summed E-state index contributed by atoms with van der Waals surface area (Å²) in [5.41, 5.74) is 2.01. The van der Waals surface area contributed by atoms with Gasteiger partial charge in [-0.3, -0.25) is 4.98 Å². The Labute approximate surface area is 103 Å². The molecule has 0 atom stereocenters. The predicted octanol–water partition coefficient (Wildman–Crippen LogP) is 2.56. The third-order valence-electron chi connectivity index (χ3n) is 2.69. The summed E-state index contributed by atoms with van der Waals surface area (Å²) >= 11 is 0. The number of aryl methyl sites for hydroxylation is 1. The van der Waals surface area contributed by atoms with Gasteiger partial charge in [0.15, 0.2) is 0 Å². The molecular formula is C14H10N2O2. The molecule has 0 bridgehead atoms. The predicted molar refractivity (Wildman–Crippen MR) is 68.2 cm³/mol. The van der Waals surface area contributed by atoms with E-state index in [0.717, 1.165) is 5.56 Å². The summed E-state index contributed by atoms with van der Waals surface area (Å²) in [6.07, 6.45) is 3.28. The lowest BCUT2D eigenvalue weighted by Gasteiger charge is -2.01. The topological polar surface area (TPSA) is 56.0 Å². The molecule has 0 saturated heterocycles. The number of benzene rings is 1. The maximum absolute atomic E-state index is 11.9. The number of hydrogen-bond donors (Lipinski definition) is 0. The largest absolute Gasteiger partial charge is 0.403 e. The number of hydrogen-bond acceptors (Lipinski definition) is 4. The first kappa shape index (κ1) is 10.7. The summed E-state index contributed by atoms with van der Waals surface area (Å²) in [6, 6.07) is 9.05. The minimum absolute atomic E-state index is 0.297. The van der Waals surface area contributed by atoms with Gasteiger partial charge in [-0.2, -0.15) is 0 Å². The minimum Gasteiger partial charge on any atom is -0.403 e. The second kappa shape index (κ2) is 4.07. The highest BCUT2D eigenvalue weighted by Crippen LogP contribution is 2.17. The first-order valence-electron chi connectivity index (χ1n) is 5.56. The molecule has 2 aromatic heterocycles. The van der Waals surface area contributed by atoms with E-state index in [0.29, 0.717) is 22.4 Å². The van der Waals surface area contributed by atoms with Crippen LogP contribution in [0.3, 0.4) is 0 Å². The van der Waals surface area contributed by atoms with E-state index in [2.05, 4.69) is 9.97 Å². The summed E-state index contributed by atoms with van der Waals surface area (Å²) in [5, 5.41) is 0.494. The van der Waals surface area contributed by atoms with E-state index in [-0.39, 0.29) is 5.63 Å². The van der Waals surface area contributed by atoms with Crippen LogP contribution in [-0.2, 0) is 0 Å². The van der Waals surface area contributed by atoms with Crippen LogP contribution in [0, 0.1) is 6.92 Å². The molecule has 0 N–H and O–H groups in total. The van der Waals surface area contributed by atoms with Crippen LogP contribution in [0.25, 0.3) is 22.4 Å². The Kier molecular flexibility index (Phi) is 2.41. The molecule has 3 rings (SSSR count). The van der Waals surface area contributed by atoms with Gasteiger partial charge >= 0.3 is 5.63 Å². The first-order chi connectivity index (χ1) is 8.74. The highest BCUT2D eigenvalue weighted by atomic mass is 16.4. The van der Waals surface area contributed by atoms with E-state index in [1.165, 1.54) is 0 Å². The highest BCUT2D eigenvalue weighted by Gasteiger charge is 2.08. The third kappa shape index (κ3) is 1.78. The van der Waals surface area contributed by atoms with Gasteiger partial charge in [0.25, 0.3) is 0 Å². The van der Waals surface area contributed by atoms with Crippen molar-refractivity contribution in [2.45, 2.75) is 6.92 Å². The molecule has 1 aromatic carbocycles. The molecule has 3 aromatic rings. The lowest BCUT2D eigenvalue weighted by atomic mass is 10.2. The molecule has 4 heteroatoms. The molecule has 0 fully saturated rings. The molecule has 0 saturated carbocycles. The number of nitrogens with zero attached hydrogens (tertiary/aromatic N) is 2. The van der Waals surface area contributed by atoms with Gasteiger partial charge < -0.3 is 4.42 Å². The molecular weight excluding hydrogens is 228 g/mol. The van der Waals surface area contributed by atoms with Crippen LogP contribution in [0.2, 0.25) is 0 Å². The Morgan fingerprint density at radius 2 is 2.11 bits per heavy atom. The van der Waals surface area contributed by atoms with E-state index >= 15 is 0 Å². The lowest BCUT2D eigenvalue weighted by molar-refractivity contribution is 0.518. The van der Waals surface area contributed by atoms with Gasteiger partial charge in [0.2, 0.25) is 5.89 Å². The zero-order chi connectivity index (χ0) is 12.5. The molecule has 18 heavy (non-hydrogen) atoms. The standard InChI is InChI=1S/C14H10N2O2/c1-9-4-5-11-12(7-9)16-13(18-14(11)17)10-3-2-6-15-8-10/h2-8H,1H3. The van der Waals surface area contributed by atoms with Gasteiger partial charge in [-0.05, 0) is 36.8 Å². The van der Waals surface area contributed by atoms with Crippen LogP contribution in [0.4, 0.5) is 0 Å². The number of aromatic nitrogens is 2. The summed E-state index contributed by atoms with van der Waals surface area (Å²) < 4.78 is 5.21. The molecule has 88 valence electrons. The van der Waals surface area contributed by atoms with Crippen LogP contribution >= 0.6 is 0 Å². The van der Waals surface area contributed by atoms with Gasteiger partial charge in [-0.15, -0.1) is 0 Å². The number of fused-ring (bicyclic) bond motifs is 1. The van der Waals surface area contributed by atoms with Gasteiger partial charge in [0.05, 0.1) is 16.5 Å². The minimum atomic E-state index is -0.376. The third-order valence-corrected chi connectivity index (χ3v) is 2.69. The van der Waals surface area contributed by atoms with Gasteiger partial charge in [-0.1, -0.05) is 6.07 Å². The van der Waals surface area contributed by atoms with Gasteiger partial charge in [0, 0.05) is 12.4 Å². The Balaban J connectivity index is 2.30. The van der Waals surface area contributed by atoms with E-state index in [1.807, 2.05) is 19.1 Å². The normalized spacial score (nSPS) is 10.7. The van der Waals surface area contributed by atoms with Crippen molar-refractivity contribution in [3.63, 3.8) is 0 Å². The summed E-state index contributed by atoms with van der Waals surface area (Å²) in [6.45, 7) is 1.96. The Hall–Kier alpha value is -2.49. The van der Waals surface area contributed by atoms with E-state index in [9.17, 15) is 4.79 Å². The van der Waals surface area contributed by atoms with Crippen molar-refractivity contribution in [1.82, 2.24) is 9.97 Å². The lowest BCUT2D eigenvalue weighted by Crippen LogP contribution is -2.03. The highest BCUT2D eigenvalue weighted by molar-refractivity contribution is 5.79. The van der Waals surface area contributed by atoms with Crippen molar-refractivity contribution in [3.05, 3.63) is 58.7 Å². The maximum Gasteiger partial charge on any atom is 0.347 e. The maximum atomic E-state index is 11.9. The Morgan fingerprint density at radius 3 is 2.89 bits per heavy atom. The zero-order valence-corrected chi connectivity index (χ0v) is 9.75. The van der Waals surface area contributed by atoms with Crippen molar-refractivity contribution < 1.29 is 4.42 Å². The monoisotopic (exact) mass is 238 g/mol. The van der Waals surface area contributed by atoms with Gasteiger partial charge in [0.1, 0.15) is 0 Å². The van der Waals surface area contributed by atoms with Crippen LogP contribution in [0.5, 0.6) is 0 Å². The van der Waals surface area contributed by atoms with Crippen LogP contribution in [0.15, 0.2) is 51.9 Å². The summed E-state index contributed by atoms with van der Waals surface area (Å²) in [7, 11) is 0. The van der Waals surface area contributed by atoms with Crippen molar-refractivity contribution in [1.29, 1.82) is 0 Å².